The Labute approximate surface area is 64.9 Å². The second kappa shape index (κ2) is 2.31. The number of benzene rings is 1. The number of pyridine rings is 1. The van der Waals surface area contributed by atoms with Crippen LogP contribution in [0.5, 0.6) is 0 Å². The van der Waals surface area contributed by atoms with E-state index < -0.39 is 5.82 Å². The largest absolute Gasteiger partial charge is 0.253 e. The van der Waals surface area contributed by atoms with Crippen LogP contribution in [0.1, 0.15) is 1.37 Å². The maximum absolute atomic E-state index is 12.8. The van der Waals surface area contributed by atoms with Crippen molar-refractivity contribution >= 4 is 10.9 Å². The van der Waals surface area contributed by atoms with Crippen LogP contribution in [0.15, 0.2) is 36.5 Å². The predicted molar refractivity (Wildman–Crippen MR) is 41.7 cm³/mol. The summed E-state index contributed by atoms with van der Waals surface area (Å²) in [4.78, 5) is 3.77. The van der Waals surface area contributed by atoms with Crippen molar-refractivity contribution in [3.8, 4) is 0 Å². The third-order valence-electron chi connectivity index (χ3n) is 1.50. The molecule has 2 aromatic rings. The van der Waals surface area contributed by atoms with Crippen molar-refractivity contribution in [1.82, 2.24) is 4.98 Å². The predicted octanol–water partition coefficient (Wildman–Crippen LogP) is 2.37. The molecule has 0 bridgehead atoms. The molecule has 0 aliphatic heterocycles. The average Bonchev–Trinajstić information content (AvgIpc) is 2.07. The first-order valence-electron chi connectivity index (χ1n) is 3.79. The van der Waals surface area contributed by atoms with Crippen LogP contribution in [-0.4, -0.2) is 4.98 Å². The number of halogens is 1. The molecule has 1 nitrogen and oxygen atoms in total. The molecule has 0 atom stereocenters. The van der Waals surface area contributed by atoms with E-state index >= 15 is 0 Å². The van der Waals surface area contributed by atoms with E-state index in [-0.39, 0.29) is 6.17 Å². The van der Waals surface area contributed by atoms with Gasteiger partial charge in [-0.15, -0.1) is 0 Å². The van der Waals surface area contributed by atoms with E-state index in [4.69, 9.17) is 1.37 Å². The van der Waals surface area contributed by atoms with Gasteiger partial charge in [0, 0.05) is 5.39 Å². The summed E-state index contributed by atoms with van der Waals surface area (Å²) in [5.74, 6) is -0.575. The molecular formula is C9H6FN. The highest BCUT2D eigenvalue weighted by atomic mass is 19.1. The van der Waals surface area contributed by atoms with Crippen molar-refractivity contribution < 1.29 is 5.76 Å². The normalized spacial score (nSPS) is 11.5. The van der Waals surface area contributed by atoms with Crippen molar-refractivity contribution in [3.05, 3.63) is 42.3 Å². The van der Waals surface area contributed by atoms with Crippen molar-refractivity contribution in [1.29, 1.82) is 0 Å². The highest BCUT2D eigenvalue weighted by Crippen LogP contribution is 2.10. The zero-order valence-electron chi connectivity index (χ0n) is 6.71. The first-order chi connectivity index (χ1) is 5.77. The minimum atomic E-state index is -0.575. The molecule has 1 aromatic carbocycles. The first kappa shape index (κ1) is 5.24. The summed E-state index contributed by atoms with van der Waals surface area (Å²) in [6.07, 6.45) is -0.297. The van der Waals surface area contributed by atoms with Gasteiger partial charge in [-0.1, -0.05) is 18.2 Å². The number of aromatic nitrogens is 1. The molecule has 0 aliphatic carbocycles. The molecular weight excluding hydrogens is 141 g/mol. The molecule has 0 fully saturated rings. The van der Waals surface area contributed by atoms with Crippen LogP contribution in [0.2, 0.25) is 0 Å². The maximum atomic E-state index is 12.8. The molecule has 1 aromatic heterocycles. The van der Waals surface area contributed by atoms with E-state index in [0.29, 0.717) is 5.52 Å². The Bertz CT molecular complexity index is 387. The molecule has 0 radical (unpaired) electrons. The number of hydrogen-bond acceptors (Lipinski definition) is 1. The van der Waals surface area contributed by atoms with Crippen molar-refractivity contribution in [2.75, 3.05) is 0 Å². The van der Waals surface area contributed by atoms with Gasteiger partial charge >= 0.3 is 0 Å². The fourth-order valence-corrected chi connectivity index (χ4v) is 0.994. The van der Waals surface area contributed by atoms with Crippen LogP contribution in [0, 0.1) is 5.82 Å². The van der Waals surface area contributed by atoms with Gasteiger partial charge in [0.15, 0.2) is 0 Å². The molecule has 0 amide bonds. The van der Waals surface area contributed by atoms with E-state index in [1.165, 1.54) is 6.07 Å². The number of nitrogens with zero attached hydrogens (tertiary/aromatic N) is 1. The molecule has 0 spiro atoms. The standard InChI is InChI=1S/C9H6FN/c10-8-5-7-3-1-2-4-9(7)11-6-8/h1-6H/i6D. The molecule has 11 heavy (non-hydrogen) atoms. The summed E-state index contributed by atoms with van der Waals surface area (Å²) < 4.78 is 19.9. The summed E-state index contributed by atoms with van der Waals surface area (Å²) in [5, 5.41) is 0.728. The summed E-state index contributed by atoms with van der Waals surface area (Å²) in [5.41, 5.74) is 0.656. The summed E-state index contributed by atoms with van der Waals surface area (Å²) in [7, 11) is 0. The van der Waals surface area contributed by atoms with Gasteiger partial charge in [0.2, 0.25) is 0 Å². The van der Waals surface area contributed by atoms with Crippen molar-refractivity contribution in [2.24, 2.45) is 0 Å². The van der Waals surface area contributed by atoms with Crippen molar-refractivity contribution in [2.45, 2.75) is 0 Å². The van der Waals surface area contributed by atoms with Crippen LogP contribution in [0.3, 0.4) is 0 Å². The van der Waals surface area contributed by atoms with Gasteiger partial charge in [0.05, 0.1) is 13.1 Å². The van der Waals surface area contributed by atoms with Gasteiger partial charge in [0.1, 0.15) is 5.82 Å². The second-order valence-corrected chi connectivity index (χ2v) is 2.27. The van der Waals surface area contributed by atoms with E-state index in [2.05, 4.69) is 4.98 Å². The Kier molecular flexibility index (Phi) is 1.10. The lowest BCUT2D eigenvalue weighted by atomic mass is 10.2. The van der Waals surface area contributed by atoms with Gasteiger partial charge in [-0.2, -0.15) is 0 Å². The summed E-state index contributed by atoms with van der Waals surface area (Å²) in [6, 6.07) is 8.47. The van der Waals surface area contributed by atoms with Crippen LogP contribution in [0.25, 0.3) is 10.9 Å². The number of fused-ring (bicyclic) bond motifs is 1. The smallest absolute Gasteiger partial charge is 0.142 e. The molecule has 0 saturated heterocycles. The third-order valence-corrected chi connectivity index (χ3v) is 1.50. The zero-order chi connectivity index (χ0) is 8.55. The number of hydrogen-bond donors (Lipinski definition) is 0. The molecule has 0 aliphatic rings. The quantitative estimate of drug-likeness (QED) is 0.559. The third kappa shape index (κ3) is 1.07. The molecule has 0 N–H and O–H groups in total. The van der Waals surface area contributed by atoms with Crippen LogP contribution in [0.4, 0.5) is 4.39 Å². The fraction of sp³-hybridized carbons (Fsp3) is 0. The van der Waals surface area contributed by atoms with E-state index in [9.17, 15) is 4.39 Å². The monoisotopic (exact) mass is 148 g/mol. The topological polar surface area (TPSA) is 12.9 Å². The minimum Gasteiger partial charge on any atom is -0.253 e. The number of para-hydroxylation sites is 1. The highest BCUT2D eigenvalue weighted by molar-refractivity contribution is 5.77. The van der Waals surface area contributed by atoms with Gasteiger partial charge in [-0.25, -0.2) is 4.39 Å². The van der Waals surface area contributed by atoms with Crippen LogP contribution >= 0.6 is 0 Å². The highest BCUT2D eigenvalue weighted by Gasteiger charge is 1.93. The molecule has 2 rings (SSSR count). The van der Waals surface area contributed by atoms with Crippen LogP contribution < -0.4 is 0 Å². The molecule has 1 heterocycles. The Morgan fingerprint density at radius 3 is 3.09 bits per heavy atom. The van der Waals surface area contributed by atoms with Crippen LogP contribution in [-0.2, 0) is 0 Å². The van der Waals surface area contributed by atoms with Gasteiger partial charge in [-0.05, 0) is 12.1 Å². The lowest BCUT2D eigenvalue weighted by Gasteiger charge is -1.93. The lowest BCUT2D eigenvalue weighted by Crippen LogP contribution is -1.79. The second-order valence-electron chi connectivity index (χ2n) is 2.27. The Balaban J connectivity index is 2.84. The fourth-order valence-electron chi connectivity index (χ4n) is 0.994. The minimum absolute atomic E-state index is 0.297. The van der Waals surface area contributed by atoms with Gasteiger partial charge in [0.25, 0.3) is 0 Å². The Hall–Kier alpha value is -1.44. The van der Waals surface area contributed by atoms with E-state index in [1.54, 1.807) is 12.1 Å². The summed E-state index contributed by atoms with van der Waals surface area (Å²) >= 11 is 0. The number of rotatable bonds is 0. The molecule has 2 heteroatoms. The Morgan fingerprint density at radius 1 is 1.36 bits per heavy atom. The lowest BCUT2D eigenvalue weighted by molar-refractivity contribution is 0.624. The SMILES string of the molecule is [2H]c1nc2ccccc2cc1F. The maximum Gasteiger partial charge on any atom is 0.142 e. The van der Waals surface area contributed by atoms with Gasteiger partial charge < -0.3 is 0 Å². The van der Waals surface area contributed by atoms with Crippen molar-refractivity contribution in [3.63, 3.8) is 0 Å². The molecule has 0 saturated carbocycles. The molecule has 54 valence electrons. The molecule has 0 unspecified atom stereocenters. The summed E-state index contributed by atoms with van der Waals surface area (Å²) in [6.45, 7) is 0. The Morgan fingerprint density at radius 2 is 2.18 bits per heavy atom. The first-order valence-corrected chi connectivity index (χ1v) is 3.29. The average molecular weight is 148 g/mol. The van der Waals surface area contributed by atoms with Gasteiger partial charge in [-0.3, -0.25) is 4.98 Å². The zero-order valence-corrected chi connectivity index (χ0v) is 5.71. The van der Waals surface area contributed by atoms with E-state index in [1.807, 2.05) is 12.1 Å². The van der Waals surface area contributed by atoms with E-state index in [0.717, 1.165) is 5.39 Å².